The van der Waals surface area contributed by atoms with Crippen molar-refractivity contribution in [1.82, 2.24) is 9.55 Å². The molecule has 3 rings (SSSR count). The van der Waals surface area contributed by atoms with Gasteiger partial charge in [0.15, 0.2) is 26.6 Å². The highest BCUT2D eigenvalue weighted by molar-refractivity contribution is 7.90. The number of sulfone groups is 1. The van der Waals surface area contributed by atoms with Gasteiger partial charge in [-0.25, -0.2) is 17.8 Å². The molecule has 0 aliphatic rings. The van der Waals surface area contributed by atoms with Gasteiger partial charge in [0.1, 0.15) is 12.9 Å². The highest BCUT2D eigenvalue weighted by Gasteiger charge is 2.16. The Labute approximate surface area is 161 Å². The van der Waals surface area contributed by atoms with Crippen molar-refractivity contribution in [2.45, 2.75) is 4.90 Å². The zero-order valence-corrected chi connectivity index (χ0v) is 16.0. The number of benzene rings is 2. The first-order chi connectivity index (χ1) is 12.8. The van der Waals surface area contributed by atoms with Gasteiger partial charge < -0.3 is 4.74 Å². The van der Waals surface area contributed by atoms with Crippen molar-refractivity contribution in [2.75, 3.05) is 12.9 Å². The maximum absolute atomic E-state index is 14.3. The molecular weight excluding hydrogens is 391 g/mol. The summed E-state index contributed by atoms with van der Waals surface area (Å²) in [6, 6.07) is 10.7. The lowest BCUT2D eigenvalue weighted by molar-refractivity contribution is 0.342. The zero-order valence-electron chi connectivity index (χ0n) is 14.4. The van der Waals surface area contributed by atoms with Crippen LogP contribution in [0.1, 0.15) is 0 Å². The van der Waals surface area contributed by atoms with Gasteiger partial charge >= 0.3 is 0 Å². The maximum Gasteiger partial charge on any atom is 0.175 e. The van der Waals surface area contributed by atoms with Crippen molar-refractivity contribution in [3.63, 3.8) is 0 Å². The van der Waals surface area contributed by atoms with Crippen molar-refractivity contribution < 1.29 is 17.5 Å². The van der Waals surface area contributed by atoms with E-state index in [0.29, 0.717) is 16.9 Å². The molecule has 1 aromatic heterocycles. The van der Waals surface area contributed by atoms with Crippen LogP contribution in [-0.4, -0.2) is 30.8 Å². The second-order valence-corrected chi connectivity index (χ2v) is 8.14. The minimum absolute atomic E-state index is 0.110. The summed E-state index contributed by atoms with van der Waals surface area (Å²) in [7, 11) is -3.30. The molecule has 27 heavy (non-hydrogen) atoms. The Kier molecular flexibility index (Phi) is 5.34. The third kappa shape index (κ3) is 4.04. The lowest BCUT2D eigenvalue weighted by atomic mass is 10.1. The molecule has 3 aromatic rings. The number of hydrogen-bond donors (Lipinski definition) is 0. The second kappa shape index (κ2) is 7.54. The van der Waals surface area contributed by atoms with E-state index in [9.17, 15) is 12.8 Å². The average Bonchev–Trinajstić information content (AvgIpc) is 3.01. The molecule has 0 unspecified atom stereocenters. The lowest BCUT2D eigenvalue weighted by Gasteiger charge is -2.11. The first-order valence-corrected chi connectivity index (χ1v) is 10.1. The minimum atomic E-state index is -3.30. The predicted octanol–water partition coefficient (Wildman–Crippen LogP) is 4.30. The molecule has 1 heterocycles. The Balaban J connectivity index is 2.03. The third-order valence-corrected chi connectivity index (χ3v) is 5.23. The predicted molar refractivity (Wildman–Crippen MR) is 103 cm³/mol. The number of rotatable bonds is 6. The van der Waals surface area contributed by atoms with E-state index >= 15 is 0 Å². The molecule has 0 aliphatic heterocycles. The van der Waals surface area contributed by atoms with Crippen molar-refractivity contribution >= 4 is 21.4 Å². The molecule has 0 spiro atoms. The van der Waals surface area contributed by atoms with E-state index in [1.807, 2.05) is 0 Å². The normalized spacial score (nSPS) is 11.4. The quantitative estimate of drug-likeness (QED) is 0.572. The summed E-state index contributed by atoms with van der Waals surface area (Å²) in [6.07, 6.45) is 4.16. The first kappa shape index (κ1) is 19.1. The van der Waals surface area contributed by atoms with E-state index in [1.54, 1.807) is 22.8 Å². The summed E-state index contributed by atoms with van der Waals surface area (Å²) >= 11 is 6.21. The monoisotopic (exact) mass is 406 g/mol. The Bertz CT molecular complexity index is 1090. The molecular formula is C19H16ClFN2O3S. The summed E-state index contributed by atoms with van der Waals surface area (Å²) in [5.41, 5.74) is 1.63. The van der Waals surface area contributed by atoms with Crippen LogP contribution >= 0.6 is 11.6 Å². The summed E-state index contributed by atoms with van der Waals surface area (Å²) in [4.78, 5) is 4.29. The highest BCUT2D eigenvalue weighted by atomic mass is 35.5. The largest absolute Gasteiger partial charge is 0.486 e. The Hall–Kier alpha value is -2.64. The average molecular weight is 407 g/mol. The van der Waals surface area contributed by atoms with Crippen LogP contribution in [0, 0.1) is 5.82 Å². The Morgan fingerprint density at radius 2 is 1.96 bits per heavy atom. The molecule has 0 aliphatic carbocycles. The Morgan fingerprint density at radius 1 is 1.26 bits per heavy atom. The number of halogens is 2. The molecule has 0 radical (unpaired) electrons. The number of aromatic nitrogens is 2. The van der Waals surface area contributed by atoms with Gasteiger partial charge in [0.25, 0.3) is 0 Å². The van der Waals surface area contributed by atoms with Crippen LogP contribution in [0.15, 0.2) is 66.3 Å². The van der Waals surface area contributed by atoms with Gasteiger partial charge in [-0.05, 0) is 42.5 Å². The van der Waals surface area contributed by atoms with E-state index in [1.165, 1.54) is 36.7 Å². The standard InChI is InChI=1S/C19H16ClFN2O3S/c1-3-10-26-17-9-4-13(11-16(17)21)18-19(20)22-12-23(18)14-5-7-15(8-6-14)27(2,24)25/h3-9,11-12H,1,10H2,2H3. The van der Waals surface area contributed by atoms with Gasteiger partial charge in [-0.2, -0.15) is 0 Å². The molecule has 2 aromatic carbocycles. The lowest BCUT2D eigenvalue weighted by Crippen LogP contribution is -2.00. The molecule has 0 atom stereocenters. The molecule has 0 N–H and O–H groups in total. The smallest absolute Gasteiger partial charge is 0.175 e. The molecule has 0 bridgehead atoms. The molecule has 0 saturated carbocycles. The summed E-state index contributed by atoms with van der Waals surface area (Å²) < 4.78 is 44.5. The van der Waals surface area contributed by atoms with Crippen LogP contribution in [0.5, 0.6) is 5.75 Å². The van der Waals surface area contributed by atoms with E-state index in [4.69, 9.17) is 16.3 Å². The van der Waals surface area contributed by atoms with Crippen LogP contribution in [0.25, 0.3) is 16.9 Å². The van der Waals surface area contributed by atoms with Crippen LogP contribution in [0.2, 0.25) is 5.15 Å². The fraction of sp³-hybridized carbons (Fsp3) is 0.105. The fourth-order valence-corrected chi connectivity index (χ4v) is 3.42. The van der Waals surface area contributed by atoms with Crippen molar-refractivity contribution in [1.29, 1.82) is 0 Å². The number of imidazole rings is 1. The van der Waals surface area contributed by atoms with Crippen LogP contribution < -0.4 is 4.74 Å². The minimum Gasteiger partial charge on any atom is -0.486 e. The molecule has 8 heteroatoms. The summed E-state index contributed by atoms with van der Waals surface area (Å²) in [5.74, 6) is -0.427. The second-order valence-electron chi connectivity index (χ2n) is 5.76. The van der Waals surface area contributed by atoms with Gasteiger partial charge in [-0.1, -0.05) is 24.3 Å². The molecule has 0 fully saturated rings. The van der Waals surface area contributed by atoms with Crippen LogP contribution in [0.3, 0.4) is 0 Å². The first-order valence-electron chi connectivity index (χ1n) is 7.88. The SMILES string of the molecule is C=CCOc1ccc(-c2c(Cl)ncn2-c2ccc(S(C)(=O)=O)cc2)cc1F. The van der Waals surface area contributed by atoms with Crippen molar-refractivity contribution in [3.05, 3.63) is 72.4 Å². The topological polar surface area (TPSA) is 61.2 Å². The summed E-state index contributed by atoms with van der Waals surface area (Å²) in [5, 5.41) is 0.196. The summed E-state index contributed by atoms with van der Waals surface area (Å²) in [6.45, 7) is 3.72. The molecule has 0 saturated heterocycles. The molecule has 0 amide bonds. The number of hydrogen-bond acceptors (Lipinski definition) is 4. The number of nitrogens with zero attached hydrogens (tertiary/aromatic N) is 2. The van der Waals surface area contributed by atoms with Gasteiger partial charge in [0, 0.05) is 17.5 Å². The maximum atomic E-state index is 14.3. The van der Waals surface area contributed by atoms with Crippen LogP contribution in [-0.2, 0) is 9.84 Å². The van der Waals surface area contributed by atoms with Gasteiger partial charge in [-0.15, -0.1) is 0 Å². The van der Waals surface area contributed by atoms with E-state index in [0.717, 1.165) is 6.26 Å². The van der Waals surface area contributed by atoms with Crippen molar-refractivity contribution in [2.24, 2.45) is 0 Å². The third-order valence-electron chi connectivity index (χ3n) is 3.83. The van der Waals surface area contributed by atoms with Crippen molar-refractivity contribution in [3.8, 4) is 22.7 Å². The Morgan fingerprint density at radius 3 is 2.56 bits per heavy atom. The van der Waals surface area contributed by atoms with E-state index < -0.39 is 15.7 Å². The van der Waals surface area contributed by atoms with Crippen LogP contribution in [0.4, 0.5) is 4.39 Å². The van der Waals surface area contributed by atoms with E-state index in [-0.39, 0.29) is 22.4 Å². The van der Waals surface area contributed by atoms with E-state index in [2.05, 4.69) is 11.6 Å². The van der Waals surface area contributed by atoms with Gasteiger partial charge in [0.2, 0.25) is 0 Å². The van der Waals surface area contributed by atoms with Gasteiger partial charge in [0.05, 0.1) is 10.6 Å². The highest BCUT2D eigenvalue weighted by Crippen LogP contribution is 2.32. The molecule has 140 valence electrons. The zero-order chi connectivity index (χ0) is 19.6. The molecule has 5 nitrogen and oxygen atoms in total. The number of ether oxygens (including phenoxy) is 1. The van der Waals surface area contributed by atoms with Gasteiger partial charge in [-0.3, -0.25) is 4.57 Å². The fourth-order valence-electron chi connectivity index (χ4n) is 2.55.